The second kappa shape index (κ2) is 8.39. The molecule has 0 aromatic heterocycles. The van der Waals surface area contributed by atoms with Gasteiger partial charge < -0.3 is 15.0 Å². The molecule has 6 heteroatoms. The summed E-state index contributed by atoms with van der Waals surface area (Å²) in [5, 5.41) is 3.82. The van der Waals surface area contributed by atoms with Crippen LogP contribution in [0.25, 0.3) is 0 Å². The van der Waals surface area contributed by atoms with Gasteiger partial charge in [0.25, 0.3) is 0 Å². The Morgan fingerprint density at radius 3 is 2.80 bits per heavy atom. The fourth-order valence-electron chi connectivity index (χ4n) is 2.31. The van der Waals surface area contributed by atoms with Crippen LogP contribution < -0.4 is 5.32 Å². The van der Waals surface area contributed by atoms with E-state index in [2.05, 4.69) is 42.2 Å². The van der Waals surface area contributed by atoms with Gasteiger partial charge in [-0.1, -0.05) is 13.8 Å². The van der Waals surface area contributed by atoms with Gasteiger partial charge in [-0.3, -0.25) is 9.79 Å². The maximum Gasteiger partial charge on any atom is 0.310 e. The number of likely N-dealkylation sites (tertiary alicyclic amines) is 1. The number of methoxy groups -OCH3 is 1. The van der Waals surface area contributed by atoms with Crippen LogP contribution in [0.5, 0.6) is 0 Å². The molecular weight excluding hydrogens is 274 g/mol. The highest BCUT2D eigenvalue weighted by Gasteiger charge is 2.36. The molecule has 20 heavy (non-hydrogen) atoms. The average Bonchev–Trinajstić information content (AvgIpc) is 2.83. The van der Waals surface area contributed by atoms with Crippen LogP contribution in [-0.2, 0) is 9.53 Å². The summed E-state index contributed by atoms with van der Waals surface area (Å²) >= 11 is 1.81. The summed E-state index contributed by atoms with van der Waals surface area (Å²) in [5.41, 5.74) is 0. The zero-order valence-corrected chi connectivity index (χ0v) is 14.0. The van der Waals surface area contributed by atoms with Crippen LogP contribution in [0.4, 0.5) is 0 Å². The second-order valence-electron chi connectivity index (χ2n) is 5.25. The van der Waals surface area contributed by atoms with E-state index in [9.17, 15) is 4.79 Å². The highest BCUT2D eigenvalue weighted by Crippen LogP contribution is 2.24. The second-order valence-corrected chi connectivity index (χ2v) is 6.53. The van der Waals surface area contributed by atoms with Crippen molar-refractivity contribution in [2.45, 2.75) is 26.0 Å². The van der Waals surface area contributed by atoms with Gasteiger partial charge >= 0.3 is 5.97 Å². The Kier molecular flexibility index (Phi) is 7.19. The Morgan fingerprint density at radius 2 is 2.25 bits per heavy atom. The molecule has 1 aliphatic rings. The molecule has 116 valence electrons. The molecule has 1 fully saturated rings. The van der Waals surface area contributed by atoms with Crippen molar-refractivity contribution in [3.8, 4) is 0 Å². The van der Waals surface area contributed by atoms with Gasteiger partial charge in [0.1, 0.15) is 0 Å². The topological polar surface area (TPSA) is 53.9 Å². The molecule has 0 saturated carbocycles. The number of nitrogens with one attached hydrogen (secondary N) is 1. The normalized spacial score (nSPS) is 24.6. The Bertz CT molecular complexity index is 349. The monoisotopic (exact) mass is 301 g/mol. The first-order valence-corrected chi connectivity index (χ1v) is 8.46. The first kappa shape index (κ1) is 17.1. The Morgan fingerprint density at radius 1 is 1.55 bits per heavy atom. The number of thioether (sulfide) groups is 1. The van der Waals surface area contributed by atoms with Crippen molar-refractivity contribution in [3.63, 3.8) is 0 Å². The number of rotatable bonds is 5. The highest BCUT2D eigenvalue weighted by molar-refractivity contribution is 7.99. The lowest BCUT2D eigenvalue weighted by Gasteiger charge is -2.22. The highest BCUT2D eigenvalue weighted by atomic mass is 32.2. The van der Waals surface area contributed by atoms with Crippen LogP contribution >= 0.6 is 11.8 Å². The van der Waals surface area contributed by atoms with Gasteiger partial charge in [-0.25, -0.2) is 0 Å². The van der Waals surface area contributed by atoms with Crippen LogP contribution in [0.1, 0.15) is 20.8 Å². The van der Waals surface area contributed by atoms with E-state index in [1.165, 1.54) is 7.11 Å². The lowest BCUT2D eigenvalue weighted by atomic mass is 9.99. The lowest BCUT2D eigenvalue weighted by Crippen LogP contribution is -2.41. The van der Waals surface area contributed by atoms with Gasteiger partial charge in [0, 0.05) is 24.9 Å². The molecule has 3 atom stereocenters. The molecule has 3 unspecified atom stereocenters. The number of hydrogen-bond donors (Lipinski definition) is 1. The predicted octanol–water partition coefficient (Wildman–Crippen LogP) is 1.44. The summed E-state index contributed by atoms with van der Waals surface area (Å²) in [4.78, 5) is 18.6. The van der Waals surface area contributed by atoms with Crippen molar-refractivity contribution < 1.29 is 9.53 Å². The zero-order chi connectivity index (χ0) is 15.1. The molecule has 1 N–H and O–H groups in total. The summed E-state index contributed by atoms with van der Waals surface area (Å²) in [7, 11) is 1.46. The lowest BCUT2D eigenvalue weighted by molar-refractivity contribution is -0.145. The maximum atomic E-state index is 11.8. The minimum absolute atomic E-state index is 0.0539. The third kappa shape index (κ3) is 4.58. The maximum absolute atomic E-state index is 11.8. The van der Waals surface area contributed by atoms with Gasteiger partial charge in [0.15, 0.2) is 5.96 Å². The number of guanidine groups is 1. The van der Waals surface area contributed by atoms with E-state index < -0.39 is 0 Å². The summed E-state index contributed by atoms with van der Waals surface area (Å²) in [6, 6.07) is 0. The smallest absolute Gasteiger partial charge is 0.310 e. The Hall–Kier alpha value is -0.910. The molecule has 1 aliphatic heterocycles. The fraction of sp³-hybridized carbons (Fsp3) is 0.857. The Balaban J connectivity index is 2.71. The van der Waals surface area contributed by atoms with Crippen molar-refractivity contribution in [2.75, 3.05) is 39.5 Å². The zero-order valence-electron chi connectivity index (χ0n) is 13.2. The summed E-state index contributed by atoms with van der Waals surface area (Å²) in [6.45, 7) is 9.48. The molecule has 0 aliphatic carbocycles. The molecular formula is C14H27N3O2S. The fourth-order valence-corrected chi connectivity index (χ4v) is 2.54. The number of nitrogens with zero attached hydrogens (tertiary/aromatic N) is 2. The van der Waals surface area contributed by atoms with Crippen LogP contribution in [0.3, 0.4) is 0 Å². The molecule has 0 radical (unpaired) electrons. The van der Waals surface area contributed by atoms with E-state index in [4.69, 9.17) is 4.74 Å². The number of carbonyl (C=O) groups excluding carboxylic acids is 1. The minimum Gasteiger partial charge on any atom is -0.469 e. The molecule has 1 heterocycles. The number of esters is 1. The SMILES string of the molecule is CCNC(=NCC(C)SC)N1CC(C)C(C(=O)OC)C1. The molecule has 0 aromatic rings. The van der Waals surface area contributed by atoms with E-state index >= 15 is 0 Å². The van der Waals surface area contributed by atoms with E-state index in [1.807, 2.05) is 11.8 Å². The van der Waals surface area contributed by atoms with Gasteiger partial charge in [0.05, 0.1) is 19.6 Å². The van der Waals surface area contributed by atoms with Crippen LogP contribution in [0.15, 0.2) is 4.99 Å². The summed E-state index contributed by atoms with van der Waals surface area (Å²) in [6.07, 6.45) is 2.10. The standard InChI is InChI=1S/C14H27N3O2S/c1-6-15-14(16-7-11(3)20-5)17-8-10(2)12(9-17)13(18)19-4/h10-12H,6-9H2,1-5H3,(H,15,16). The van der Waals surface area contributed by atoms with E-state index in [-0.39, 0.29) is 11.9 Å². The van der Waals surface area contributed by atoms with Crippen LogP contribution in [0.2, 0.25) is 0 Å². The average molecular weight is 301 g/mol. The van der Waals surface area contributed by atoms with Crippen molar-refractivity contribution in [1.82, 2.24) is 10.2 Å². The van der Waals surface area contributed by atoms with E-state index in [0.717, 1.165) is 25.6 Å². The van der Waals surface area contributed by atoms with Crippen molar-refractivity contribution >= 4 is 23.7 Å². The summed E-state index contributed by atoms with van der Waals surface area (Å²) in [5.74, 6) is 1.03. The van der Waals surface area contributed by atoms with Crippen molar-refractivity contribution in [3.05, 3.63) is 0 Å². The van der Waals surface area contributed by atoms with Crippen LogP contribution in [0, 0.1) is 11.8 Å². The first-order chi connectivity index (χ1) is 9.53. The molecule has 1 rings (SSSR count). The van der Waals surface area contributed by atoms with E-state index in [0.29, 0.717) is 17.7 Å². The molecule has 5 nitrogen and oxygen atoms in total. The summed E-state index contributed by atoms with van der Waals surface area (Å²) < 4.78 is 4.88. The number of hydrogen-bond acceptors (Lipinski definition) is 4. The van der Waals surface area contributed by atoms with Gasteiger partial charge in [-0.2, -0.15) is 11.8 Å². The van der Waals surface area contributed by atoms with Gasteiger partial charge in [-0.15, -0.1) is 0 Å². The van der Waals surface area contributed by atoms with Crippen molar-refractivity contribution in [1.29, 1.82) is 0 Å². The molecule has 0 amide bonds. The van der Waals surface area contributed by atoms with Crippen molar-refractivity contribution in [2.24, 2.45) is 16.8 Å². The first-order valence-electron chi connectivity index (χ1n) is 7.17. The van der Waals surface area contributed by atoms with E-state index in [1.54, 1.807) is 0 Å². The number of ether oxygens (including phenoxy) is 1. The van der Waals surface area contributed by atoms with Gasteiger partial charge in [-0.05, 0) is 19.1 Å². The number of carbonyl (C=O) groups is 1. The van der Waals surface area contributed by atoms with Gasteiger partial charge in [0.2, 0.25) is 0 Å². The third-order valence-corrected chi connectivity index (χ3v) is 4.61. The number of aliphatic imine (C=N–C) groups is 1. The Labute approximate surface area is 126 Å². The minimum atomic E-state index is -0.117. The van der Waals surface area contributed by atoms with Crippen LogP contribution in [-0.4, -0.2) is 61.6 Å². The largest absolute Gasteiger partial charge is 0.469 e. The molecule has 0 spiro atoms. The molecule has 1 saturated heterocycles. The quantitative estimate of drug-likeness (QED) is 0.473. The third-order valence-electron chi connectivity index (χ3n) is 3.65. The molecule has 0 bridgehead atoms. The predicted molar refractivity (Wildman–Crippen MR) is 85.2 cm³/mol. The molecule has 0 aromatic carbocycles.